The molecule has 0 spiro atoms. The van der Waals surface area contributed by atoms with Crippen LogP contribution in [0, 0.1) is 0 Å². The lowest BCUT2D eigenvalue weighted by molar-refractivity contribution is -0.146. The molecule has 1 saturated heterocycles. The van der Waals surface area contributed by atoms with E-state index in [-0.39, 0.29) is 12.5 Å². The molecule has 4 rings (SSSR count). The van der Waals surface area contributed by atoms with Crippen LogP contribution in [0.5, 0.6) is 5.75 Å². The molecule has 2 aromatic rings. The highest BCUT2D eigenvalue weighted by atomic mass is 35.5. The fourth-order valence-corrected chi connectivity index (χ4v) is 4.32. The van der Waals surface area contributed by atoms with Gasteiger partial charge in [-0.25, -0.2) is 0 Å². The number of carbonyl (C=O) groups excluding carboxylic acids is 1. The van der Waals surface area contributed by atoms with Crippen LogP contribution in [0.1, 0.15) is 18.4 Å². The summed E-state index contributed by atoms with van der Waals surface area (Å²) in [5.74, 6) is -0.128. The van der Waals surface area contributed by atoms with Crippen molar-refractivity contribution in [3.8, 4) is 5.75 Å². The van der Waals surface area contributed by atoms with Crippen LogP contribution in [-0.2, 0) is 15.0 Å². The molecular weight excluding hydrogens is 392 g/mol. The first-order valence-electron chi connectivity index (χ1n) is 9.74. The van der Waals surface area contributed by atoms with Gasteiger partial charge in [-0.15, -0.1) is 0 Å². The Morgan fingerprint density at radius 2 is 1.76 bits per heavy atom. The number of benzene rings is 2. The normalized spacial score (nSPS) is 18.8. The molecule has 0 unspecified atom stereocenters. The van der Waals surface area contributed by atoms with Gasteiger partial charge in [-0.3, -0.25) is 9.59 Å². The molecule has 2 aromatic carbocycles. The fourth-order valence-electron chi connectivity index (χ4n) is 4.19. The van der Waals surface area contributed by atoms with E-state index in [1.54, 1.807) is 17.0 Å². The van der Waals surface area contributed by atoms with Gasteiger partial charge in [0.15, 0.2) is 6.61 Å². The number of hydrogen-bond donors (Lipinski definition) is 1. The quantitative estimate of drug-likeness (QED) is 0.813. The first-order chi connectivity index (χ1) is 14.0. The number of ether oxygens (including phenoxy) is 1. The van der Waals surface area contributed by atoms with E-state index in [1.165, 1.54) is 0 Å². The minimum absolute atomic E-state index is 0.0513. The van der Waals surface area contributed by atoms with Crippen LogP contribution in [0.25, 0.3) is 0 Å². The Hall–Kier alpha value is -2.57. The van der Waals surface area contributed by atoms with Gasteiger partial charge in [0.05, 0.1) is 11.1 Å². The molecule has 7 heteroatoms. The second kappa shape index (κ2) is 8.05. The van der Waals surface area contributed by atoms with Crippen LogP contribution in [0.2, 0.25) is 5.02 Å². The predicted molar refractivity (Wildman–Crippen MR) is 111 cm³/mol. The first-order valence-corrected chi connectivity index (χ1v) is 10.1. The minimum atomic E-state index is -0.886. The summed E-state index contributed by atoms with van der Waals surface area (Å²) in [6.07, 6.45) is 1.05. The van der Waals surface area contributed by atoms with Crippen LogP contribution in [0.3, 0.4) is 0 Å². The van der Waals surface area contributed by atoms with Gasteiger partial charge in [0, 0.05) is 18.1 Å². The number of carboxylic acid groups (broad SMARTS) is 1. The van der Waals surface area contributed by atoms with Gasteiger partial charge in [-0.2, -0.15) is 0 Å². The zero-order valence-electron chi connectivity index (χ0n) is 16.0. The second-order valence-electron chi connectivity index (χ2n) is 7.54. The van der Waals surface area contributed by atoms with Crippen molar-refractivity contribution in [1.82, 2.24) is 4.90 Å². The third-order valence-corrected chi connectivity index (χ3v) is 6.22. The van der Waals surface area contributed by atoms with Gasteiger partial charge in [-0.05, 0) is 55.8 Å². The summed E-state index contributed by atoms with van der Waals surface area (Å²) in [5.41, 5.74) is 0.704. The lowest BCUT2D eigenvalue weighted by Gasteiger charge is -2.40. The monoisotopic (exact) mass is 414 g/mol. The number of hydrogen-bond acceptors (Lipinski definition) is 4. The predicted octanol–water partition coefficient (Wildman–Crippen LogP) is 3.18. The molecule has 1 N–H and O–H groups in total. The van der Waals surface area contributed by atoms with Crippen molar-refractivity contribution in [3.05, 3.63) is 59.1 Å². The van der Waals surface area contributed by atoms with E-state index in [0.29, 0.717) is 44.0 Å². The maximum Gasteiger partial charge on any atom is 0.314 e. The third-order valence-electron chi connectivity index (χ3n) is 5.96. The van der Waals surface area contributed by atoms with E-state index in [2.05, 4.69) is 4.90 Å². The van der Waals surface area contributed by atoms with Gasteiger partial charge < -0.3 is 19.6 Å². The molecule has 2 heterocycles. The molecule has 0 radical (unpaired) electrons. The maximum absolute atomic E-state index is 12.3. The van der Waals surface area contributed by atoms with Crippen molar-refractivity contribution in [3.63, 3.8) is 0 Å². The van der Waals surface area contributed by atoms with Gasteiger partial charge in [0.1, 0.15) is 5.75 Å². The Kier molecular flexibility index (Phi) is 5.48. The van der Waals surface area contributed by atoms with Crippen molar-refractivity contribution in [2.24, 2.45) is 0 Å². The number of likely N-dealkylation sites (tertiary alicyclic amines) is 1. The molecule has 0 saturated carbocycles. The standard InChI is InChI=1S/C22H23ClN2O4/c23-17-7-5-16(6-8-17)22(21(27)28)9-11-24(12-10-22)13-14-25-18-3-1-2-4-19(18)29-15-20(25)26/h1-8H,9-15H2,(H,27,28). The molecule has 1 amide bonds. The lowest BCUT2D eigenvalue weighted by atomic mass is 9.73. The van der Waals surface area contributed by atoms with Crippen LogP contribution >= 0.6 is 11.6 Å². The number of halogens is 1. The molecule has 2 aliphatic rings. The summed E-state index contributed by atoms with van der Waals surface area (Å²) in [4.78, 5) is 28.4. The summed E-state index contributed by atoms with van der Waals surface area (Å²) in [6.45, 7) is 2.62. The van der Waals surface area contributed by atoms with E-state index in [0.717, 1.165) is 17.0 Å². The van der Waals surface area contributed by atoms with Crippen LogP contribution in [-0.4, -0.2) is 54.7 Å². The Bertz CT molecular complexity index is 907. The van der Waals surface area contributed by atoms with Crippen molar-refractivity contribution in [2.45, 2.75) is 18.3 Å². The molecule has 152 valence electrons. The highest BCUT2D eigenvalue weighted by molar-refractivity contribution is 6.30. The Morgan fingerprint density at radius 1 is 1.07 bits per heavy atom. The fraction of sp³-hybridized carbons (Fsp3) is 0.364. The van der Waals surface area contributed by atoms with Crippen molar-refractivity contribution in [2.75, 3.05) is 37.7 Å². The number of carbonyl (C=O) groups is 2. The zero-order valence-corrected chi connectivity index (χ0v) is 16.8. The van der Waals surface area contributed by atoms with Crippen LogP contribution < -0.4 is 9.64 Å². The number of piperidine rings is 1. The minimum Gasteiger partial charge on any atom is -0.482 e. The van der Waals surface area contributed by atoms with Crippen molar-refractivity contribution < 1.29 is 19.4 Å². The van der Waals surface area contributed by atoms with E-state index in [9.17, 15) is 14.7 Å². The van der Waals surface area contributed by atoms with Gasteiger partial charge in [0.2, 0.25) is 0 Å². The maximum atomic E-state index is 12.3. The largest absolute Gasteiger partial charge is 0.482 e. The summed E-state index contributed by atoms with van der Waals surface area (Å²) in [6, 6.07) is 14.7. The molecule has 29 heavy (non-hydrogen) atoms. The summed E-state index contributed by atoms with van der Waals surface area (Å²) in [5, 5.41) is 10.6. The van der Waals surface area contributed by atoms with Crippen molar-refractivity contribution in [1.29, 1.82) is 0 Å². The lowest BCUT2D eigenvalue weighted by Crippen LogP contribution is -2.50. The summed E-state index contributed by atoms with van der Waals surface area (Å²) in [7, 11) is 0. The Morgan fingerprint density at radius 3 is 2.45 bits per heavy atom. The number of anilines is 1. The number of rotatable bonds is 5. The average Bonchev–Trinajstić information content (AvgIpc) is 2.74. The molecule has 6 nitrogen and oxygen atoms in total. The highest BCUT2D eigenvalue weighted by Gasteiger charge is 2.43. The number of fused-ring (bicyclic) bond motifs is 1. The summed E-state index contributed by atoms with van der Waals surface area (Å²) >= 11 is 5.96. The van der Waals surface area contributed by atoms with E-state index in [4.69, 9.17) is 16.3 Å². The zero-order chi connectivity index (χ0) is 20.4. The molecule has 2 aliphatic heterocycles. The Labute approximate surface area is 174 Å². The van der Waals surface area contributed by atoms with Crippen LogP contribution in [0.4, 0.5) is 5.69 Å². The molecular formula is C22H23ClN2O4. The second-order valence-corrected chi connectivity index (χ2v) is 7.97. The molecule has 0 aromatic heterocycles. The summed E-state index contributed by atoms with van der Waals surface area (Å²) < 4.78 is 5.49. The van der Waals surface area contributed by atoms with E-state index >= 15 is 0 Å². The molecule has 1 fully saturated rings. The first kappa shape index (κ1) is 19.7. The third kappa shape index (κ3) is 3.82. The average molecular weight is 415 g/mol. The van der Waals surface area contributed by atoms with Crippen LogP contribution in [0.15, 0.2) is 48.5 Å². The highest BCUT2D eigenvalue weighted by Crippen LogP contribution is 2.37. The van der Waals surface area contributed by atoms with Gasteiger partial charge in [-0.1, -0.05) is 35.9 Å². The molecule has 0 bridgehead atoms. The van der Waals surface area contributed by atoms with E-state index < -0.39 is 11.4 Å². The Balaban J connectivity index is 1.42. The molecule has 0 aliphatic carbocycles. The van der Waals surface area contributed by atoms with Gasteiger partial charge in [0.25, 0.3) is 5.91 Å². The smallest absolute Gasteiger partial charge is 0.314 e. The van der Waals surface area contributed by atoms with E-state index in [1.807, 2.05) is 36.4 Å². The van der Waals surface area contributed by atoms with Crippen molar-refractivity contribution >= 4 is 29.2 Å². The van der Waals surface area contributed by atoms with Gasteiger partial charge >= 0.3 is 5.97 Å². The number of nitrogens with zero attached hydrogens (tertiary/aromatic N) is 2. The number of para-hydroxylation sites is 2. The molecule has 0 atom stereocenters. The number of carboxylic acids is 1. The SMILES string of the molecule is O=C1COc2ccccc2N1CCN1CCC(C(=O)O)(c2ccc(Cl)cc2)CC1. The topological polar surface area (TPSA) is 70.1 Å². The number of aliphatic carboxylic acids is 1. The number of amides is 1.